The van der Waals surface area contributed by atoms with E-state index in [2.05, 4.69) is 28.9 Å². The quantitative estimate of drug-likeness (QED) is 0.584. The van der Waals surface area contributed by atoms with Crippen molar-refractivity contribution in [2.75, 3.05) is 0 Å². The Labute approximate surface area is 164 Å². The topological polar surface area (TPSA) is 90.1 Å². The summed E-state index contributed by atoms with van der Waals surface area (Å²) in [6, 6.07) is 9.42. The van der Waals surface area contributed by atoms with E-state index in [0.717, 1.165) is 48.5 Å². The van der Waals surface area contributed by atoms with Gasteiger partial charge < -0.3 is 9.84 Å². The lowest BCUT2D eigenvalue weighted by Crippen LogP contribution is -2.07. The van der Waals surface area contributed by atoms with Crippen molar-refractivity contribution in [3.05, 3.63) is 59.9 Å². The zero-order chi connectivity index (χ0) is 19.9. The number of hydrogen-bond acceptors (Lipinski definition) is 5. The molecule has 2 aromatic heterocycles. The van der Waals surface area contributed by atoms with Crippen molar-refractivity contribution >= 4 is 6.16 Å². The number of pyridine rings is 1. The van der Waals surface area contributed by atoms with Gasteiger partial charge in [-0.15, -0.1) is 0 Å². The molecule has 0 fully saturated rings. The van der Waals surface area contributed by atoms with Crippen LogP contribution in [0, 0.1) is 0 Å². The summed E-state index contributed by atoms with van der Waals surface area (Å²) in [6.07, 6.45) is 5.71. The first kappa shape index (κ1) is 19.5. The van der Waals surface area contributed by atoms with Crippen molar-refractivity contribution in [1.82, 2.24) is 19.7 Å². The minimum absolute atomic E-state index is 0.265. The van der Waals surface area contributed by atoms with E-state index in [0.29, 0.717) is 12.1 Å². The van der Waals surface area contributed by atoms with Crippen LogP contribution in [0.5, 0.6) is 5.75 Å². The van der Waals surface area contributed by atoms with Crippen LogP contribution in [0.3, 0.4) is 0 Å². The Morgan fingerprint density at radius 3 is 2.64 bits per heavy atom. The van der Waals surface area contributed by atoms with Gasteiger partial charge in [0.05, 0.1) is 6.54 Å². The van der Waals surface area contributed by atoms with E-state index in [9.17, 15) is 4.79 Å². The molecule has 0 aliphatic rings. The van der Waals surface area contributed by atoms with E-state index in [1.165, 1.54) is 6.20 Å². The average Bonchev–Trinajstić information content (AvgIpc) is 3.09. The second-order valence-electron chi connectivity index (χ2n) is 6.50. The number of rotatable bonds is 8. The fourth-order valence-corrected chi connectivity index (χ4v) is 2.97. The third-order valence-corrected chi connectivity index (χ3v) is 4.44. The second-order valence-corrected chi connectivity index (χ2v) is 6.50. The molecule has 0 atom stereocenters. The first-order valence-electron chi connectivity index (χ1n) is 9.47. The number of hydrogen-bond donors (Lipinski definition) is 1. The Balaban J connectivity index is 1.81. The van der Waals surface area contributed by atoms with Crippen molar-refractivity contribution in [3.63, 3.8) is 0 Å². The summed E-state index contributed by atoms with van der Waals surface area (Å²) < 4.78 is 6.83. The molecule has 3 aromatic rings. The molecule has 2 heterocycles. The van der Waals surface area contributed by atoms with Crippen LogP contribution in [0.1, 0.15) is 43.9 Å². The number of unbranched alkanes of at least 4 members (excludes halogenated alkanes) is 1. The molecule has 146 valence electrons. The molecule has 7 nitrogen and oxygen atoms in total. The van der Waals surface area contributed by atoms with Crippen LogP contribution in [-0.4, -0.2) is 31.0 Å². The molecule has 1 N–H and O–H groups in total. The number of aryl methyl sites for hydroxylation is 2. The molecular weight excluding hydrogens is 356 g/mol. The van der Waals surface area contributed by atoms with Crippen LogP contribution in [0.2, 0.25) is 0 Å². The van der Waals surface area contributed by atoms with Gasteiger partial charge in [0.2, 0.25) is 0 Å². The van der Waals surface area contributed by atoms with Gasteiger partial charge in [-0.25, -0.2) is 14.5 Å². The number of nitrogens with zero attached hydrogens (tertiary/aromatic N) is 4. The predicted molar refractivity (Wildman–Crippen MR) is 105 cm³/mol. The summed E-state index contributed by atoms with van der Waals surface area (Å²) in [7, 11) is 0. The molecule has 1 aromatic carbocycles. The largest absolute Gasteiger partial charge is 0.511 e. The minimum Gasteiger partial charge on any atom is -0.449 e. The molecule has 0 unspecified atom stereocenters. The third kappa shape index (κ3) is 4.73. The number of carbonyl (C=O) groups is 1. The Hall–Kier alpha value is -3.22. The SMILES string of the molecule is CCCCc1nc(CC)nn1Cc1ccc(-c2cnccc2OC(=O)O)cc1. The Bertz CT molecular complexity index is 935. The molecule has 7 heteroatoms. The zero-order valence-corrected chi connectivity index (χ0v) is 16.1. The molecule has 0 radical (unpaired) electrons. The predicted octanol–water partition coefficient (Wildman–Crippen LogP) is 4.35. The smallest absolute Gasteiger partial charge is 0.449 e. The molecule has 0 amide bonds. The number of benzene rings is 1. The molecule has 0 saturated carbocycles. The molecule has 0 saturated heterocycles. The molecule has 3 rings (SSSR count). The summed E-state index contributed by atoms with van der Waals surface area (Å²) in [5.74, 6) is 2.15. The van der Waals surface area contributed by atoms with Gasteiger partial charge in [-0.3, -0.25) is 4.98 Å². The van der Waals surface area contributed by atoms with Crippen LogP contribution in [0.15, 0.2) is 42.7 Å². The second kappa shape index (κ2) is 9.12. The third-order valence-electron chi connectivity index (χ3n) is 4.44. The van der Waals surface area contributed by atoms with Gasteiger partial charge in [-0.2, -0.15) is 5.10 Å². The monoisotopic (exact) mass is 380 g/mol. The maximum Gasteiger partial charge on any atom is 0.511 e. The normalized spacial score (nSPS) is 10.8. The maximum atomic E-state index is 10.9. The molecule has 0 spiro atoms. The van der Waals surface area contributed by atoms with E-state index < -0.39 is 6.16 Å². The van der Waals surface area contributed by atoms with Gasteiger partial charge in [0.1, 0.15) is 11.6 Å². The maximum absolute atomic E-state index is 10.9. The van der Waals surface area contributed by atoms with Crippen molar-refractivity contribution in [2.24, 2.45) is 0 Å². The van der Waals surface area contributed by atoms with Gasteiger partial charge in [0, 0.05) is 36.9 Å². The molecule has 28 heavy (non-hydrogen) atoms. The van der Waals surface area contributed by atoms with Crippen molar-refractivity contribution in [3.8, 4) is 16.9 Å². The van der Waals surface area contributed by atoms with Crippen LogP contribution >= 0.6 is 0 Å². The summed E-state index contributed by atoms with van der Waals surface area (Å²) in [4.78, 5) is 19.6. The fourth-order valence-electron chi connectivity index (χ4n) is 2.97. The first-order chi connectivity index (χ1) is 13.6. The Kier molecular flexibility index (Phi) is 6.37. The average molecular weight is 380 g/mol. The van der Waals surface area contributed by atoms with Crippen LogP contribution in [0.25, 0.3) is 11.1 Å². The highest BCUT2D eigenvalue weighted by Gasteiger charge is 2.12. The lowest BCUT2D eigenvalue weighted by Gasteiger charge is -2.09. The Morgan fingerprint density at radius 1 is 1.18 bits per heavy atom. The van der Waals surface area contributed by atoms with Gasteiger partial charge in [-0.1, -0.05) is 44.5 Å². The van der Waals surface area contributed by atoms with Gasteiger partial charge in [0.15, 0.2) is 5.82 Å². The first-order valence-corrected chi connectivity index (χ1v) is 9.47. The lowest BCUT2D eigenvalue weighted by atomic mass is 10.0. The number of aromatic nitrogens is 4. The van der Waals surface area contributed by atoms with Crippen molar-refractivity contribution < 1.29 is 14.6 Å². The summed E-state index contributed by atoms with van der Waals surface area (Å²) in [6.45, 7) is 4.88. The molecule has 0 bridgehead atoms. The highest BCUT2D eigenvalue weighted by molar-refractivity contribution is 5.73. The van der Waals surface area contributed by atoms with Crippen LogP contribution in [-0.2, 0) is 19.4 Å². The lowest BCUT2D eigenvalue weighted by molar-refractivity contribution is 0.144. The zero-order valence-electron chi connectivity index (χ0n) is 16.1. The number of carboxylic acid groups (broad SMARTS) is 1. The van der Waals surface area contributed by atoms with E-state index in [-0.39, 0.29) is 5.75 Å². The summed E-state index contributed by atoms with van der Waals surface area (Å²) >= 11 is 0. The van der Waals surface area contributed by atoms with Gasteiger partial charge in [-0.05, 0) is 17.5 Å². The summed E-state index contributed by atoms with van der Waals surface area (Å²) in [5, 5.41) is 13.5. The van der Waals surface area contributed by atoms with Crippen molar-refractivity contribution in [2.45, 2.75) is 46.1 Å². The standard InChI is InChI=1S/C21H24N4O3/c1-3-5-6-20-23-19(4-2)24-25(20)14-15-7-9-16(10-8-15)17-13-22-12-11-18(17)28-21(26)27/h7-13H,3-6,14H2,1-2H3,(H,26,27). The highest BCUT2D eigenvalue weighted by atomic mass is 16.7. The summed E-state index contributed by atoms with van der Waals surface area (Å²) in [5.41, 5.74) is 2.57. The van der Waals surface area contributed by atoms with E-state index in [4.69, 9.17) is 9.84 Å². The number of ether oxygens (including phenoxy) is 1. The molecular formula is C21H24N4O3. The van der Waals surface area contributed by atoms with E-state index >= 15 is 0 Å². The Morgan fingerprint density at radius 2 is 1.96 bits per heavy atom. The van der Waals surface area contributed by atoms with Gasteiger partial charge in [0.25, 0.3) is 0 Å². The van der Waals surface area contributed by atoms with Crippen molar-refractivity contribution in [1.29, 1.82) is 0 Å². The highest BCUT2D eigenvalue weighted by Crippen LogP contribution is 2.29. The van der Waals surface area contributed by atoms with Gasteiger partial charge >= 0.3 is 6.16 Å². The minimum atomic E-state index is -1.35. The van der Waals surface area contributed by atoms with E-state index in [1.54, 1.807) is 12.3 Å². The fraction of sp³-hybridized carbons (Fsp3) is 0.333. The molecule has 0 aliphatic carbocycles. The van der Waals surface area contributed by atoms with E-state index in [1.807, 2.05) is 28.9 Å². The van der Waals surface area contributed by atoms with Crippen LogP contribution in [0.4, 0.5) is 4.79 Å². The molecule has 0 aliphatic heterocycles. The van der Waals surface area contributed by atoms with Crippen LogP contribution < -0.4 is 4.74 Å².